The Kier molecular flexibility index (Phi) is 13.7. The van der Waals surface area contributed by atoms with Crippen molar-refractivity contribution in [1.82, 2.24) is 9.80 Å². The van der Waals surface area contributed by atoms with Crippen molar-refractivity contribution in [1.29, 1.82) is 0 Å². The largest absolute Gasteiger partial charge is 0.345 e. The summed E-state index contributed by atoms with van der Waals surface area (Å²) < 4.78 is 0. The lowest BCUT2D eigenvalue weighted by molar-refractivity contribution is -0.145. The Labute approximate surface area is 150 Å². The SMILES string of the molecule is CCCCCCCN(C)C(=O)C(C)C(=O)N(C)CCCCCCC. The molecule has 0 rings (SSSR count). The highest BCUT2D eigenvalue weighted by atomic mass is 16.2. The van der Waals surface area contributed by atoms with E-state index in [1.807, 2.05) is 14.1 Å². The third kappa shape index (κ3) is 9.94. The second-order valence-electron chi connectivity index (χ2n) is 7.07. The summed E-state index contributed by atoms with van der Waals surface area (Å²) in [6.07, 6.45) is 11.8. The van der Waals surface area contributed by atoms with E-state index in [4.69, 9.17) is 0 Å². The van der Waals surface area contributed by atoms with Gasteiger partial charge < -0.3 is 9.80 Å². The summed E-state index contributed by atoms with van der Waals surface area (Å²) in [5.41, 5.74) is 0. The molecular weight excluding hydrogens is 300 g/mol. The highest BCUT2D eigenvalue weighted by molar-refractivity contribution is 5.99. The Morgan fingerprint density at radius 2 is 1.00 bits per heavy atom. The molecule has 0 fully saturated rings. The van der Waals surface area contributed by atoms with Crippen molar-refractivity contribution in [2.24, 2.45) is 5.92 Å². The zero-order valence-electron chi connectivity index (χ0n) is 16.8. The van der Waals surface area contributed by atoms with Gasteiger partial charge in [0.15, 0.2) is 0 Å². The molecule has 4 heteroatoms. The molecule has 24 heavy (non-hydrogen) atoms. The first-order valence-electron chi connectivity index (χ1n) is 9.95. The Balaban J connectivity index is 4.07. The quantitative estimate of drug-likeness (QED) is 0.345. The minimum Gasteiger partial charge on any atom is -0.345 e. The molecule has 0 aliphatic rings. The van der Waals surface area contributed by atoms with Crippen molar-refractivity contribution in [3.63, 3.8) is 0 Å². The normalized spacial score (nSPS) is 10.9. The fourth-order valence-corrected chi connectivity index (χ4v) is 2.89. The molecule has 0 bridgehead atoms. The number of hydrogen-bond donors (Lipinski definition) is 0. The maximum atomic E-state index is 12.4. The van der Waals surface area contributed by atoms with Gasteiger partial charge in [-0.2, -0.15) is 0 Å². The van der Waals surface area contributed by atoms with E-state index in [0.717, 1.165) is 38.8 Å². The number of nitrogens with zero attached hydrogens (tertiary/aromatic N) is 2. The molecule has 2 amide bonds. The van der Waals surface area contributed by atoms with E-state index in [2.05, 4.69) is 13.8 Å². The molecule has 0 aromatic rings. The van der Waals surface area contributed by atoms with Gasteiger partial charge >= 0.3 is 0 Å². The minimum absolute atomic E-state index is 0.0478. The predicted molar refractivity (Wildman–Crippen MR) is 102 cm³/mol. The van der Waals surface area contributed by atoms with Crippen LogP contribution < -0.4 is 0 Å². The average Bonchev–Trinajstić information content (AvgIpc) is 2.58. The van der Waals surface area contributed by atoms with Gasteiger partial charge in [0.05, 0.1) is 0 Å². The van der Waals surface area contributed by atoms with Gasteiger partial charge in [-0.25, -0.2) is 0 Å². The standard InChI is InChI=1S/C20H40N2O2/c1-6-8-10-12-14-16-21(4)19(23)18(3)20(24)22(5)17-15-13-11-9-7-2/h18H,6-17H2,1-5H3. The van der Waals surface area contributed by atoms with Crippen LogP contribution in [0.4, 0.5) is 0 Å². The summed E-state index contributed by atoms with van der Waals surface area (Å²) in [4.78, 5) is 28.3. The molecule has 0 heterocycles. The molecule has 0 aromatic heterocycles. The van der Waals surface area contributed by atoms with Gasteiger partial charge in [-0.15, -0.1) is 0 Å². The van der Waals surface area contributed by atoms with Gasteiger partial charge in [0.2, 0.25) is 11.8 Å². The smallest absolute Gasteiger partial charge is 0.234 e. The van der Waals surface area contributed by atoms with Crippen LogP contribution in [0.2, 0.25) is 0 Å². The average molecular weight is 341 g/mol. The van der Waals surface area contributed by atoms with E-state index in [1.54, 1.807) is 16.7 Å². The third-order valence-corrected chi connectivity index (χ3v) is 4.69. The van der Waals surface area contributed by atoms with Gasteiger partial charge in [-0.3, -0.25) is 9.59 Å². The summed E-state index contributed by atoms with van der Waals surface area (Å²) in [6, 6.07) is 0. The Morgan fingerprint density at radius 3 is 1.33 bits per heavy atom. The zero-order chi connectivity index (χ0) is 18.4. The van der Waals surface area contributed by atoms with Crippen LogP contribution in [0, 0.1) is 5.92 Å². The summed E-state index contributed by atoms with van der Waals surface area (Å²) >= 11 is 0. The number of unbranched alkanes of at least 4 members (excludes halogenated alkanes) is 8. The number of carbonyl (C=O) groups is 2. The fraction of sp³-hybridized carbons (Fsp3) is 0.900. The van der Waals surface area contributed by atoms with Gasteiger partial charge in [0.1, 0.15) is 5.92 Å². The maximum absolute atomic E-state index is 12.4. The zero-order valence-corrected chi connectivity index (χ0v) is 16.8. The van der Waals surface area contributed by atoms with Crippen LogP contribution in [0.3, 0.4) is 0 Å². The van der Waals surface area contributed by atoms with Crippen molar-refractivity contribution < 1.29 is 9.59 Å². The van der Waals surface area contributed by atoms with Crippen molar-refractivity contribution in [3.05, 3.63) is 0 Å². The molecule has 0 saturated carbocycles. The molecule has 0 spiro atoms. The monoisotopic (exact) mass is 340 g/mol. The number of hydrogen-bond acceptors (Lipinski definition) is 2. The lowest BCUT2D eigenvalue weighted by atomic mass is 10.1. The Morgan fingerprint density at radius 1 is 0.667 bits per heavy atom. The molecule has 0 N–H and O–H groups in total. The van der Waals surface area contributed by atoms with E-state index in [0.29, 0.717) is 0 Å². The Hall–Kier alpha value is -1.06. The molecule has 0 aliphatic heterocycles. The van der Waals surface area contributed by atoms with Crippen molar-refractivity contribution >= 4 is 11.8 Å². The first-order valence-corrected chi connectivity index (χ1v) is 9.95. The molecule has 0 unspecified atom stereocenters. The first kappa shape index (κ1) is 22.9. The van der Waals surface area contributed by atoms with E-state index >= 15 is 0 Å². The van der Waals surface area contributed by atoms with Crippen LogP contribution in [0.25, 0.3) is 0 Å². The van der Waals surface area contributed by atoms with E-state index in [9.17, 15) is 9.59 Å². The van der Waals surface area contributed by atoms with Crippen LogP contribution in [0.5, 0.6) is 0 Å². The van der Waals surface area contributed by atoms with Gasteiger partial charge in [-0.05, 0) is 19.8 Å². The molecule has 0 radical (unpaired) electrons. The first-order chi connectivity index (χ1) is 11.5. The van der Waals surface area contributed by atoms with Crippen LogP contribution in [-0.4, -0.2) is 48.8 Å². The molecule has 0 saturated heterocycles. The third-order valence-electron chi connectivity index (χ3n) is 4.69. The lowest BCUT2D eigenvalue weighted by Crippen LogP contribution is -2.42. The molecule has 0 aromatic carbocycles. The molecule has 0 aliphatic carbocycles. The second-order valence-corrected chi connectivity index (χ2v) is 7.07. The van der Waals surface area contributed by atoms with E-state index in [-0.39, 0.29) is 11.8 Å². The summed E-state index contributed by atoms with van der Waals surface area (Å²) in [7, 11) is 3.63. The topological polar surface area (TPSA) is 40.6 Å². The molecule has 0 atom stereocenters. The maximum Gasteiger partial charge on any atom is 0.234 e. The van der Waals surface area contributed by atoms with Gasteiger partial charge in [0.25, 0.3) is 0 Å². The van der Waals surface area contributed by atoms with Crippen molar-refractivity contribution in [2.75, 3.05) is 27.2 Å². The molecule has 142 valence electrons. The molecular formula is C20H40N2O2. The second kappa shape index (κ2) is 14.3. The van der Waals surface area contributed by atoms with Crippen molar-refractivity contribution in [3.8, 4) is 0 Å². The number of rotatable bonds is 14. The lowest BCUT2D eigenvalue weighted by Gasteiger charge is -2.25. The highest BCUT2D eigenvalue weighted by Crippen LogP contribution is 2.10. The van der Waals surface area contributed by atoms with Gasteiger partial charge in [0, 0.05) is 27.2 Å². The van der Waals surface area contributed by atoms with Crippen LogP contribution >= 0.6 is 0 Å². The van der Waals surface area contributed by atoms with Crippen LogP contribution in [0.1, 0.15) is 85.0 Å². The predicted octanol–water partition coefficient (Wildman–Crippen LogP) is 4.48. The van der Waals surface area contributed by atoms with Crippen LogP contribution in [0.15, 0.2) is 0 Å². The number of carbonyl (C=O) groups excluding carboxylic acids is 2. The summed E-state index contributed by atoms with van der Waals surface area (Å²) in [5, 5.41) is 0. The van der Waals surface area contributed by atoms with Crippen LogP contribution in [-0.2, 0) is 9.59 Å². The highest BCUT2D eigenvalue weighted by Gasteiger charge is 2.26. The van der Waals surface area contributed by atoms with Crippen molar-refractivity contribution in [2.45, 2.75) is 85.0 Å². The van der Waals surface area contributed by atoms with Gasteiger partial charge in [-0.1, -0.05) is 65.2 Å². The van der Waals surface area contributed by atoms with E-state index < -0.39 is 5.92 Å². The Bertz CT molecular complexity index is 313. The molecule has 4 nitrogen and oxygen atoms in total. The minimum atomic E-state index is -0.564. The summed E-state index contributed by atoms with van der Waals surface area (Å²) in [5.74, 6) is -0.659. The summed E-state index contributed by atoms with van der Waals surface area (Å²) in [6.45, 7) is 7.64. The fourth-order valence-electron chi connectivity index (χ4n) is 2.89. The number of amides is 2. The van der Waals surface area contributed by atoms with E-state index in [1.165, 1.54) is 38.5 Å².